The van der Waals surface area contributed by atoms with Gasteiger partial charge in [0.2, 0.25) is 5.91 Å². The minimum atomic E-state index is -0.843. The maximum Gasteiger partial charge on any atom is 0.408 e. The number of ether oxygens (including phenoxy) is 2. The summed E-state index contributed by atoms with van der Waals surface area (Å²) in [6.45, 7) is 3.88. The lowest BCUT2D eigenvalue weighted by Gasteiger charge is -2.30. The zero-order valence-corrected chi connectivity index (χ0v) is 27.0. The van der Waals surface area contributed by atoms with Gasteiger partial charge in [-0.15, -0.1) is 0 Å². The number of nitrogens with zero attached hydrogens (tertiary/aromatic N) is 2. The van der Waals surface area contributed by atoms with Crippen molar-refractivity contribution in [2.24, 2.45) is 11.8 Å². The molecule has 11 heteroatoms. The highest BCUT2D eigenvalue weighted by Gasteiger charge is 2.44. The molecular formula is C34H38BrFN4O5. The predicted octanol–water partition coefficient (Wildman–Crippen LogP) is 6.27. The van der Waals surface area contributed by atoms with E-state index in [1.54, 1.807) is 17.2 Å². The molecular weight excluding hydrogens is 643 g/mol. The van der Waals surface area contributed by atoms with Gasteiger partial charge < -0.3 is 24.7 Å². The number of carbonyl (C=O) groups excluding carboxylic acids is 3. The van der Waals surface area contributed by atoms with Crippen LogP contribution in [0.5, 0.6) is 0 Å². The molecule has 0 radical (unpaired) electrons. The average molecular weight is 682 g/mol. The molecule has 3 aliphatic rings. The fourth-order valence-electron chi connectivity index (χ4n) is 6.71. The van der Waals surface area contributed by atoms with Crippen molar-refractivity contribution in [2.45, 2.75) is 83.1 Å². The number of carbonyl (C=O) groups is 3. The summed E-state index contributed by atoms with van der Waals surface area (Å²) in [5.74, 6) is -1.16. The molecule has 1 aliphatic heterocycles. The van der Waals surface area contributed by atoms with Crippen LogP contribution in [0.2, 0.25) is 0 Å². The Morgan fingerprint density at radius 3 is 2.51 bits per heavy atom. The molecule has 1 aromatic heterocycles. The maximum atomic E-state index is 14.4. The first-order valence-electron chi connectivity index (χ1n) is 15.7. The topological polar surface area (TPSA) is 114 Å². The van der Waals surface area contributed by atoms with Gasteiger partial charge in [0.15, 0.2) is 0 Å². The van der Waals surface area contributed by atoms with E-state index in [1.807, 2.05) is 44.2 Å². The van der Waals surface area contributed by atoms with E-state index in [2.05, 4.69) is 26.2 Å². The van der Waals surface area contributed by atoms with E-state index in [9.17, 15) is 18.8 Å². The van der Waals surface area contributed by atoms with E-state index in [1.165, 1.54) is 6.07 Å². The summed E-state index contributed by atoms with van der Waals surface area (Å²) in [6.07, 6.45) is 5.19. The number of likely N-dealkylation sites (tertiary alicyclic amines) is 1. The largest absolute Gasteiger partial charge is 0.460 e. The van der Waals surface area contributed by atoms with Gasteiger partial charge in [-0.05, 0) is 73.8 Å². The molecule has 9 nitrogen and oxygen atoms in total. The number of imidazole rings is 1. The molecule has 0 bridgehead atoms. The van der Waals surface area contributed by atoms with Crippen molar-refractivity contribution in [1.29, 1.82) is 0 Å². The van der Waals surface area contributed by atoms with Crippen LogP contribution in [-0.4, -0.2) is 57.6 Å². The first kappa shape index (κ1) is 31.3. The number of amides is 2. The van der Waals surface area contributed by atoms with E-state index >= 15 is 0 Å². The van der Waals surface area contributed by atoms with Crippen LogP contribution in [0.4, 0.5) is 9.18 Å². The average Bonchev–Trinajstić information content (AvgIpc) is 3.82. The summed E-state index contributed by atoms with van der Waals surface area (Å²) in [6, 6.07) is 11.3. The van der Waals surface area contributed by atoms with Gasteiger partial charge in [-0.1, -0.05) is 54.0 Å². The van der Waals surface area contributed by atoms with Gasteiger partial charge in [-0.2, -0.15) is 0 Å². The number of halogens is 2. The van der Waals surface area contributed by atoms with Gasteiger partial charge in [0.1, 0.15) is 29.9 Å². The van der Waals surface area contributed by atoms with Crippen molar-refractivity contribution in [1.82, 2.24) is 20.2 Å². The lowest BCUT2D eigenvalue weighted by atomic mass is 10.0. The van der Waals surface area contributed by atoms with Crippen LogP contribution in [0, 0.1) is 17.7 Å². The summed E-state index contributed by atoms with van der Waals surface area (Å²) in [5, 5.41) is 2.81. The van der Waals surface area contributed by atoms with Crippen LogP contribution in [0.15, 0.2) is 53.1 Å². The van der Waals surface area contributed by atoms with Crippen molar-refractivity contribution in [3.05, 3.63) is 75.9 Å². The molecule has 4 atom stereocenters. The third kappa shape index (κ3) is 6.93. The Morgan fingerprint density at radius 1 is 1.04 bits per heavy atom. The summed E-state index contributed by atoms with van der Waals surface area (Å²) >= 11 is 3.46. The first-order valence-corrected chi connectivity index (χ1v) is 16.5. The van der Waals surface area contributed by atoms with E-state index in [0.29, 0.717) is 24.2 Å². The molecule has 0 spiro atoms. The molecule has 1 saturated carbocycles. The zero-order valence-electron chi connectivity index (χ0n) is 25.4. The Morgan fingerprint density at radius 2 is 1.80 bits per heavy atom. The molecule has 2 aliphatic carbocycles. The smallest absolute Gasteiger partial charge is 0.408 e. The highest BCUT2D eigenvalue weighted by atomic mass is 79.9. The van der Waals surface area contributed by atoms with Crippen LogP contribution in [0.3, 0.4) is 0 Å². The van der Waals surface area contributed by atoms with Crippen LogP contribution < -0.4 is 5.32 Å². The Bertz CT molecular complexity index is 1550. The predicted molar refractivity (Wildman–Crippen MR) is 168 cm³/mol. The molecule has 2 N–H and O–H groups in total. The normalized spacial score (nSPS) is 22.0. The quantitative estimate of drug-likeness (QED) is 0.271. The van der Waals surface area contributed by atoms with Crippen molar-refractivity contribution >= 4 is 33.9 Å². The molecule has 2 fully saturated rings. The Kier molecular flexibility index (Phi) is 9.26. The molecule has 45 heavy (non-hydrogen) atoms. The number of fused-ring (bicyclic) bond motifs is 1. The second kappa shape index (κ2) is 13.3. The third-order valence-corrected chi connectivity index (χ3v) is 9.66. The van der Waals surface area contributed by atoms with Crippen molar-refractivity contribution in [2.75, 3.05) is 6.54 Å². The van der Waals surface area contributed by atoms with Crippen LogP contribution in [-0.2, 0) is 31.9 Å². The number of hydrogen-bond acceptors (Lipinski definition) is 6. The molecule has 238 valence electrons. The summed E-state index contributed by atoms with van der Waals surface area (Å²) in [7, 11) is 0. The second-order valence-electron chi connectivity index (χ2n) is 12.6. The van der Waals surface area contributed by atoms with Gasteiger partial charge in [0, 0.05) is 22.7 Å². The zero-order chi connectivity index (χ0) is 31.7. The molecule has 3 aromatic rings. The van der Waals surface area contributed by atoms with E-state index in [0.717, 1.165) is 47.0 Å². The number of aromatic amines is 1. The van der Waals surface area contributed by atoms with Crippen LogP contribution in [0.1, 0.15) is 68.9 Å². The van der Waals surface area contributed by atoms with Crippen LogP contribution >= 0.6 is 15.9 Å². The number of alkyl carbamates (subject to hydrolysis) is 1. The number of rotatable bonds is 8. The maximum absolute atomic E-state index is 14.4. The van der Waals surface area contributed by atoms with Gasteiger partial charge >= 0.3 is 12.1 Å². The summed E-state index contributed by atoms with van der Waals surface area (Å²) in [4.78, 5) is 50.0. The first-order chi connectivity index (χ1) is 21.7. The highest BCUT2D eigenvalue weighted by molar-refractivity contribution is 9.10. The van der Waals surface area contributed by atoms with Crippen molar-refractivity contribution in [3.8, 4) is 11.3 Å². The number of esters is 1. The number of benzene rings is 2. The number of H-pyrrole nitrogens is 1. The number of nitrogens with one attached hydrogen (secondary N) is 2. The summed E-state index contributed by atoms with van der Waals surface area (Å²) < 4.78 is 26.9. The van der Waals surface area contributed by atoms with E-state index in [-0.39, 0.29) is 36.7 Å². The van der Waals surface area contributed by atoms with Gasteiger partial charge in [-0.3, -0.25) is 9.59 Å². The molecule has 2 heterocycles. The minimum absolute atomic E-state index is 0.133. The Balaban J connectivity index is 1.21. The fourth-order valence-corrected chi connectivity index (χ4v) is 6.97. The number of aromatic nitrogens is 2. The Hall–Kier alpha value is -3.73. The third-order valence-electron chi connectivity index (χ3n) is 9.13. The molecule has 2 unspecified atom stereocenters. The summed E-state index contributed by atoms with van der Waals surface area (Å²) in [5.41, 5.74) is 3.01. The molecule has 2 amide bonds. The Labute approximate surface area is 270 Å². The minimum Gasteiger partial charge on any atom is -0.460 e. The van der Waals surface area contributed by atoms with Crippen molar-refractivity contribution < 1.29 is 28.2 Å². The van der Waals surface area contributed by atoms with Gasteiger partial charge in [0.05, 0.1) is 24.2 Å². The highest BCUT2D eigenvalue weighted by Crippen LogP contribution is 2.36. The van der Waals surface area contributed by atoms with Crippen LogP contribution in [0.25, 0.3) is 11.3 Å². The lowest BCUT2D eigenvalue weighted by Crippen LogP contribution is -2.52. The standard InChI is InChI=1S/C34H38BrFN4O5/c1-19(2)30(39-34(43)45-24-7-3-4-8-24)32(41)40-18-25(44-33(42)22-14-21-6-5-9-27(36)26(21)15-22)16-29(40)31-37-17-28(38-31)20-10-12-23(35)13-11-20/h5-6,9-13,17,19,22,24-25,29-30H,3-4,7-8,14-16,18H2,1-2H3,(H,37,38)(H,39,43)/t22?,25-,29+,30?/m1/s1. The van der Waals surface area contributed by atoms with Gasteiger partial charge in [0.25, 0.3) is 0 Å². The fraction of sp³-hybridized carbons (Fsp3) is 0.471. The second-order valence-corrected chi connectivity index (χ2v) is 13.6. The van der Waals surface area contributed by atoms with E-state index < -0.39 is 36.2 Å². The SMILES string of the molecule is CC(C)C(NC(=O)OC1CCCC1)C(=O)N1C[C@H](OC(=O)C2Cc3cccc(F)c3C2)C[C@H]1c1nc(-c2ccc(Br)cc2)c[nH]1. The number of hydrogen-bond donors (Lipinski definition) is 2. The molecule has 2 aromatic carbocycles. The van der Waals surface area contributed by atoms with Gasteiger partial charge in [-0.25, -0.2) is 14.2 Å². The molecule has 6 rings (SSSR count). The van der Waals surface area contributed by atoms with E-state index in [4.69, 9.17) is 14.5 Å². The van der Waals surface area contributed by atoms with Crippen molar-refractivity contribution in [3.63, 3.8) is 0 Å². The monoisotopic (exact) mass is 680 g/mol. The lowest BCUT2D eigenvalue weighted by molar-refractivity contribution is -0.153. The molecule has 1 saturated heterocycles.